The van der Waals surface area contributed by atoms with Crippen LogP contribution in [-0.2, 0) is 33.0 Å². The normalized spacial score (nSPS) is 17.5. The summed E-state index contributed by atoms with van der Waals surface area (Å²) in [6, 6.07) is 3.42. The van der Waals surface area contributed by atoms with Gasteiger partial charge in [0.15, 0.2) is 0 Å². The molecule has 0 spiro atoms. The first-order valence-corrected chi connectivity index (χ1v) is 13.6. The SMILES string of the molecule is COC(=O)c1ccc(CSc2ncnc3c2sc2nc(N4CCOCC4)c4c(c23)CC(C)(C)OC4)o1. The molecule has 4 aromatic rings. The van der Waals surface area contributed by atoms with Gasteiger partial charge in [-0.15, -0.1) is 11.3 Å². The molecule has 0 bridgehead atoms. The van der Waals surface area contributed by atoms with Crippen LogP contribution in [0, 0.1) is 0 Å². The molecule has 0 saturated carbocycles. The highest BCUT2D eigenvalue weighted by Gasteiger charge is 2.33. The van der Waals surface area contributed by atoms with Crippen LogP contribution in [0.1, 0.15) is 41.3 Å². The number of morpholine rings is 1. The van der Waals surface area contributed by atoms with E-state index < -0.39 is 5.97 Å². The number of pyridine rings is 1. The van der Waals surface area contributed by atoms with E-state index in [-0.39, 0.29) is 11.4 Å². The number of thioether (sulfide) groups is 1. The topological polar surface area (TPSA) is 99.8 Å². The van der Waals surface area contributed by atoms with Crippen LogP contribution in [0.5, 0.6) is 0 Å². The minimum absolute atomic E-state index is 0.194. The molecule has 1 fully saturated rings. The molecule has 2 aliphatic rings. The third-order valence-corrected chi connectivity index (χ3v) is 8.70. The maximum Gasteiger partial charge on any atom is 0.373 e. The number of methoxy groups -OCH3 is 1. The van der Waals surface area contributed by atoms with Crippen molar-refractivity contribution in [1.82, 2.24) is 15.0 Å². The Morgan fingerprint density at radius 1 is 1.22 bits per heavy atom. The zero-order valence-electron chi connectivity index (χ0n) is 20.3. The van der Waals surface area contributed by atoms with Gasteiger partial charge in [0.25, 0.3) is 0 Å². The highest BCUT2D eigenvalue weighted by molar-refractivity contribution is 7.98. The quantitative estimate of drug-likeness (QED) is 0.208. The van der Waals surface area contributed by atoms with Crippen LogP contribution in [0.15, 0.2) is 27.9 Å². The Morgan fingerprint density at radius 3 is 2.86 bits per heavy atom. The van der Waals surface area contributed by atoms with Crippen molar-refractivity contribution in [3.05, 3.63) is 41.1 Å². The van der Waals surface area contributed by atoms with E-state index in [9.17, 15) is 4.79 Å². The summed E-state index contributed by atoms with van der Waals surface area (Å²) in [4.78, 5) is 29.4. The van der Waals surface area contributed by atoms with Gasteiger partial charge in [0.2, 0.25) is 5.76 Å². The summed E-state index contributed by atoms with van der Waals surface area (Å²) in [6.45, 7) is 7.82. The third-order valence-electron chi connectivity index (χ3n) is 6.48. The van der Waals surface area contributed by atoms with Crippen molar-refractivity contribution in [2.45, 2.75) is 43.3 Å². The highest BCUT2D eigenvalue weighted by atomic mass is 32.2. The summed E-state index contributed by atoms with van der Waals surface area (Å²) in [6.07, 6.45) is 2.41. The first kappa shape index (κ1) is 23.7. The number of furan rings is 1. The lowest BCUT2D eigenvalue weighted by atomic mass is 9.90. The van der Waals surface area contributed by atoms with E-state index in [1.54, 1.807) is 41.6 Å². The monoisotopic (exact) mass is 526 g/mol. The molecule has 0 unspecified atom stereocenters. The number of rotatable bonds is 5. The van der Waals surface area contributed by atoms with Crippen molar-refractivity contribution < 1.29 is 23.4 Å². The number of carbonyl (C=O) groups is 1. The average molecular weight is 527 g/mol. The van der Waals surface area contributed by atoms with Crippen LogP contribution in [0.25, 0.3) is 20.4 Å². The molecule has 6 heterocycles. The zero-order chi connectivity index (χ0) is 24.9. The minimum Gasteiger partial charge on any atom is -0.463 e. The fraction of sp³-hybridized carbons (Fsp3) is 0.440. The molecule has 0 amide bonds. The first-order chi connectivity index (χ1) is 17.4. The highest BCUT2D eigenvalue weighted by Crippen LogP contribution is 2.44. The second-order valence-corrected chi connectivity index (χ2v) is 11.4. The van der Waals surface area contributed by atoms with Crippen LogP contribution in [0.3, 0.4) is 0 Å². The zero-order valence-corrected chi connectivity index (χ0v) is 22.0. The van der Waals surface area contributed by atoms with Crippen molar-refractivity contribution in [3.8, 4) is 0 Å². The fourth-order valence-corrected chi connectivity index (χ4v) is 6.84. The number of nitrogens with zero attached hydrogens (tertiary/aromatic N) is 4. The molecule has 0 aliphatic carbocycles. The number of fused-ring (bicyclic) bond motifs is 5. The van der Waals surface area contributed by atoms with Gasteiger partial charge in [0, 0.05) is 30.5 Å². The maximum absolute atomic E-state index is 11.7. The molecule has 0 aromatic carbocycles. The van der Waals surface area contributed by atoms with Crippen LogP contribution in [0.2, 0.25) is 0 Å². The van der Waals surface area contributed by atoms with E-state index in [1.165, 1.54) is 12.7 Å². The van der Waals surface area contributed by atoms with Gasteiger partial charge in [0.1, 0.15) is 27.8 Å². The summed E-state index contributed by atoms with van der Waals surface area (Å²) in [7, 11) is 1.34. The van der Waals surface area contributed by atoms with Crippen LogP contribution in [-0.4, -0.2) is 59.9 Å². The van der Waals surface area contributed by atoms with Gasteiger partial charge >= 0.3 is 5.97 Å². The first-order valence-electron chi connectivity index (χ1n) is 11.8. The van der Waals surface area contributed by atoms with E-state index in [2.05, 4.69) is 23.7 Å². The smallest absolute Gasteiger partial charge is 0.373 e. The fourth-order valence-electron chi connectivity index (χ4n) is 4.71. The minimum atomic E-state index is -0.487. The Hall–Kier alpha value is -2.73. The summed E-state index contributed by atoms with van der Waals surface area (Å²) in [5, 5.41) is 1.97. The molecule has 9 nitrogen and oxygen atoms in total. The van der Waals surface area contributed by atoms with Crippen molar-refractivity contribution in [1.29, 1.82) is 0 Å². The van der Waals surface area contributed by atoms with Crippen LogP contribution in [0.4, 0.5) is 5.82 Å². The lowest BCUT2D eigenvalue weighted by molar-refractivity contribution is -0.0396. The number of hydrogen-bond acceptors (Lipinski definition) is 11. The molecule has 1 saturated heterocycles. The molecule has 4 aromatic heterocycles. The number of ether oxygens (including phenoxy) is 3. The number of carbonyl (C=O) groups excluding carboxylic acids is 1. The molecule has 0 radical (unpaired) electrons. The molecular weight excluding hydrogens is 500 g/mol. The standard InChI is InChI=1S/C25H26N4O5S2/c1-25(2)10-15-16(11-33-25)21(29-6-8-32-9-7-29)28-22-18(15)19-20(36-22)23(27-13-26-19)35-12-14-4-5-17(34-14)24(30)31-3/h4-5,13H,6-12H2,1-3H3. The maximum atomic E-state index is 11.7. The molecule has 0 atom stereocenters. The number of thiophene rings is 1. The van der Waals surface area contributed by atoms with Crippen molar-refractivity contribution in [2.75, 3.05) is 38.3 Å². The second-order valence-electron chi connectivity index (χ2n) is 9.40. The van der Waals surface area contributed by atoms with E-state index in [0.29, 0.717) is 31.3 Å². The summed E-state index contributed by atoms with van der Waals surface area (Å²) < 4.78 is 23.2. The summed E-state index contributed by atoms with van der Waals surface area (Å²) >= 11 is 3.18. The average Bonchev–Trinajstić information content (AvgIpc) is 3.51. The Labute approximate surface area is 216 Å². The molecule has 2 aliphatic heterocycles. The van der Waals surface area contributed by atoms with E-state index in [0.717, 1.165) is 56.4 Å². The Kier molecular flexibility index (Phi) is 6.11. The van der Waals surface area contributed by atoms with Gasteiger partial charge in [0.05, 0.1) is 48.5 Å². The van der Waals surface area contributed by atoms with Gasteiger partial charge < -0.3 is 23.5 Å². The molecule has 36 heavy (non-hydrogen) atoms. The van der Waals surface area contributed by atoms with E-state index in [4.69, 9.17) is 28.6 Å². The van der Waals surface area contributed by atoms with Crippen molar-refractivity contribution >= 4 is 55.3 Å². The molecule has 6 rings (SSSR count). The predicted octanol–water partition coefficient (Wildman–Crippen LogP) is 4.60. The largest absolute Gasteiger partial charge is 0.463 e. The Balaban J connectivity index is 1.42. The van der Waals surface area contributed by atoms with E-state index >= 15 is 0 Å². The summed E-state index contributed by atoms with van der Waals surface area (Å²) in [5.74, 6) is 1.91. The van der Waals surface area contributed by atoms with E-state index in [1.807, 2.05) is 0 Å². The van der Waals surface area contributed by atoms with Crippen LogP contribution < -0.4 is 4.90 Å². The Bertz CT molecular complexity index is 1460. The summed E-state index contributed by atoms with van der Waals surface area (Å²) in [5.41, 5.74) is 3.09. The third kappa shape index (κ3) is 4.23. The lowest BCUT2D eigenvalue weighted by Crippen LogP contribution is -2.39. The number of esters is 1. The van der Waals surface area contributed by atoms with Gasteiger partial charge in [-0.3, -0.25) is 0 Å². The van der Waals surface area contributed by atoms with Crippen molar-refractivity contribution in [3.63, 3.8) is 0 Å². The van der Waals surface area contributed by atoms with Crippen LogP contribution >= 0.6 is 23.1 Å². The van der Waals surface area contributed by atoms with Gasteiger partial charge in [-0.05, 0) is 31.5 Å². The molecule has 11 heteroatoms. The Morgan fingerprint density at radius 2 is 2.06 bits per heavy atom. The second kappa shape index (κ2) is 9.29. The van der Waals surface area contributed by atoms with Gasteiger partial charge in [-0.1, -0.05) is 11.8 Å². The predicted molar refractivity (Wildman–Crippen MR) is 138 cm³/mol. The number of aromatic nitrogens is 3. The number of anilines is 1. The molecule has 0 N–H and O–H groups in total. The number of hydrogen-bond donors (Lipinski definition) is 0. The van der Waals surface area contributed by atoms with Crippen molar-refractivity contribution in [2.24, 2.45) is 0 Å². The molecular formula is C25H26N4O5S2. The molecule has 188 valence electrons. The lowest BCUT2D eigenvalue weighted by Gasteiger charge is -2.36. The van der Waals surface area contributed by atoms with Gasteiger partial charge in [-0.2, -0.15) is 0 Å². The van der Waals surface area contributed by atoms with Gasteiger partial charge in [-0.25, -0.2) is 19.7 Å².